The molecule has 0 saturated heterocycles. The Hall–Kier alpha value is -3.36. The molecule has 2 aromatic rings. The Morgan fingerprint density at radius 3 is 2.71 bits per heavy atom. The third kappa shape index (κ3) is 4.87. The number of rotatable bonds is 7. The van der Waals surface area contributed by atoms with Crippen molar-refractivity contribution in [2.45, 2.75) is 26.2 Å². The third-order valence-electron chi connectivity index (χ3n) is 3.85. The highest BCUT2D eigenvalue weighted by Gasteiger charge is 2.20. The number of carbonyl (C=O) groups is 2. The molecule has 1 amide bonds. The fourth-order valence-corrected chi connectivity index (χ4v) is 2.47. The van der Waals surface area contributed by atoms with Crippen LogP contribution < -0.4 is 19.5 Å². The fraction of sp³-hybridized carbons (Fsp3) is 0.263. The van der Waals surface area contributed by atoms with Crippen molar-refractivity contribution >= 4 is 11.9 Å². The van der Waals surface area contributed by atoms with Gasteiger partial charge in [-0.05, 0) is 42.8 Å². The van der Waals surface area contributed by atoms with Gasteiger partial charge in [-0.1, -0.05) is 12.1 Å². The second-order valence-electron chi connectivity index (χ2n) is 5.86. The monoisotopic (exact) mass is 393 g/mol. The first kappa shape index (κ1) is 19.4. The molecule has 148 valence electrons. The van der Waals surface area contributed by atoms with Crippen LogP contribution in [-0.4, -0.2) is 31.4 Å². The Kier molecular flexibility index (Phi) is 5.93. The van der Waals surface area contributed by atoms with E-state index in [2.05, 4.69) is 10.1 Å². The number of halogens is 2. The first-order chi connectivity index (χ1) is 13.4. The molecular formula is C19H17F2NO6. The van der Waals surface area contributed by atoms with E-state index < -0.39 is 24.6 Å². The van der Waals surface area contributed by atoms with E-state index >= 15 is 0 Å². The number of alkyl halides is 2. The Bertz CT molecular complexity index is 873. The van der Waals surface area contributed by atoms with Crippen LogP contribution in [0.5, 0.6) is 17.2 Å². The Labute approximate surface area is 159 Å². The summed E-state index contributed by atoms with van der Waals surface area (Å²) in [5.41, 5.74) is 0.779. The van der Waals surface area contributed by atoms with Crippen LogP contribution in [0.3, 0.4) is 0 Å². The van der Waals surface area contributed by atoms with Crippen LogP contribution in [0.25, 0.3) is 0 Å². The van der Waals surface area contributed by atoms with Gasteiger partial charge in [0.25, 0.3) is 5.91 Å². The summed E-state index contributed by atoms with van der Waals surface area (Å²) in [6.45, 7) is -1.24. The number of hydrogen-bond acceptors (Lipinski definition) is 6. The van der Waals surface area contributed by atoms with E-state index in [4.69, 9.17) is 14.2 Å². The summed E-state index contributed by atoms with van der Waals surface area (Å²) < 4.78 is 44.3. The predicted molar refractivity (Wildman–Crippen MR) is 92.4 cm³/mol. The zero-order chi connectivity index (χ0) is 20.1. The summed E-state index contributed by atoms with van der Waals surface area (Å²) >= 11 is 0. The summed E-state index contributed by atoms with van der Waals surface area (Å²) in [6, 6.07) is 10.4. The van der Waals surface area contributed by atoms with Crippen molar-refractivity contribution in [1.29, 1.82) is 0 Å². The zero-order valence-corrected chi connectivity index (χ0v) is 14.8. The van der Waals surface area contributed by atoms with Gasteiger partial charge < -0.3 is 24.3 Å². The maximum absolute atomic E-state index is 12.3. The number of nitrogens with one attached hydrogen (secondary N) is 1. The van der Waals surface area contributed by atoms with Crippen molar-refractivity contribution < 1.29 is 37.3 Å². The molecule has 2 aromatic carbocycles. The normalized spacial score (nSPS) is 13.1. The average molecular weight is 393 g/mol. The van der Waals surface area contributed by atoms with E-state index in [1.165, 1.54) is 25.1 Å². The Balaban J connectivity index is 1.53. The number of benzene rings is 2. The number of hydrogen-bond donors (Lipinski definition) is 1. The van der Waals surface area contributed by atoms with Crippen LogP contribution in [0.2, 0.25) is 0 Å². The Morgan fingerprint density at radius 2 is 1.93 bits per heavy atom. The molecule has 1 aliphatic rings. The largest absolute Gasteiger partial charge is 0.454 e. The maximum Gasteiger partial charge on any atom is 0.387 e. The fourth-order valence-electron chi connectivity index (χ4n) is 2.47. The lowest BCUT2D eigenvalue weighted by molar-refractivity contribution is -0.129. The third-order valence-corrected chi connectivity index (χ3v) is 3.85. The lowest BCUT2D eigenvalue weighted by atomic mass is 10.2. The van der Waals surface area contributed by atoms with Gasteiger partial charge >= 0.3 is 12.6 Å². The van der Waals surface area contributed by atoms with Gasteiger partial charge in [0, 0.05) is 6.54 Å². The second kappa shape index (κ2) is 8.55. The van der Waals surface area contributed by atoms with Crippen molar-refractivity contribution in [2.24, 2.45) is 0 Å². The minimum atomic E-state index is -3.01. The summed E-state index contributed by atoms with van der Waals surface area (Å²) in [6.07, 6.45) is -1.08. The molecule has 1 atom stereocenters. The maximum atomic E-state index is 12.3. The SMILES string of the molecule is C[C@H](OC(=O)c1cccc(OC(F)F)c1)C(=O)NCc1ccc2c(c1)OCO2. The number of carbonyl (C=O) groups excluding carboxylic acids is 2. The van der Waals surface area contributed by atoms with E-state index in [1.54, 1.807) is 18.2 Å². The molecule has 28 heavy (non-hydrogen) atoms. The van der Waals surface area contributed by atoms with Gasteiger partial charge in [-0.25, -0.2) is 4.79 Å². The van der Waals surface area contributed by atoms with Gasteiger partial charge in [-0.2, -0.15) is 8.78 Å². The minimum Gasteiger partial charge on any atom is -0.454 e. The average Bonchev–Trinajstić information content (AvgIpc) is 3.13. The van der Waals surface area contributed by atoms with Gasteiger partial charge in [0.05, 0.1) is 5.56 Å². The van der Waals surface area contributed by atoms with E-state index in [1.807, 2.05) is 0 Å². The standard InChI is InChI=1S/C19H17F2NO6/c1-11(27-18(24)13-3-2-4-14(8-13)28-19(20)21)17(23)22-9-12-5-6-15-16(7-12)26-10-25-15/h2-8,11,19H,9-10H2,1H3,(H,22,23)/t11-/m0/s1. The van der Waals surface area contributed by atoms with Crippen LogP contribution in [0, 0.1) is 0 Å². The van der Waals surface area contributed by atoms with Gasteiger partial charge in [0.15, 0.2) is 17.6 Å². The smallest absolute Gasteiger partial charge is 0.387 e. The van der Waals surface area contributed by atoms with Gasteiger partial charge in [0.1, 0.15) is 5.75 Å². The molecule has 1 aliphatic heterocycles. The summed E-state index contributed by atoms with van der Waals surface area (Å²) in [5.74, 6) is -0.284. The van der Waals surface area contributed by atoms with Crippen LogP contribution in [0.15, 0.2) is 42.5 Å². The summed E-state index contributed by atoms with van der Waals surface area (Å²) in [7, 11) is 0. The molecule has 0 aliphatic carbocycles. The first-order valence-electron chi connectivity index (χ1n) is 8.34. The van der Waals surface area contributed by atoms with Gasteiger partial charge in [-0.15, -0.1) is 0 Å². The highest BCUT2D eigenvalue weighted by atomic mass is 19.3. The topological polar surface area (TPSA) is 83.1 Å². The van der Waals surface area contributed by atoms with Gasteiger partial charge in [-0.3, -0.25) is 4.79 Å². The van der Waals surface area contributed by atoms with Crippen LogP contribution in [0.1, 0.15) is 22.8 Å². The molecule has 1 heterocycles. The molecule has 0 saturated carbocycles. The lowest BCUT2D eigenvalue weighted by Crippen LogP contribution is -2.35. The summed E-state index contributed by atoms with van der Waals surface area (Å²) in [5, 5.41) is 2.65. The number of esters is 1. The molecule has 0 bridgehead atoms. The molecule has 0 fully saturated rings. The number of amides is 1. The first-order valence-corrected chi connectivity index (χ1v) is 8.34. The van der Waals surface area contributed by atoms with E-state index in [9.17, 15) is 18.4 Å². The quantitative estimate of drug-likeness (QED) is 0.729. The highest BCUT2D eigenvalue weighted by molar-refractivity contribution is 5.92. The molecule has 0 spiro atoms. The zero-order valence-electron chi connectivity index (χ0n) is 14.8. The van der Waals surface area contributed by atoms with Gasteiger partial charge in [0.2, 0.25) is 6.79 Å². The lowest BCUT2D eigenvalue weighted by Gasteiger charge is -2.14. The van der Waals surface area contributed by atoms with E-state index in [0.29, 0.717) is 11.5 Å². The van der Waals surface area contributed by atoms with Crippen LogP contribution in [-0.2, 0) is 16.1 Å². The van der Waals surface area contributed by atoms with E-state index in [0.717, 1.165) is 11.6 Å². The Morgan fingerprint density at radius 1 is 1.14 bits per heavy atom. The van der Waals surface area contributed by atoms with Crippen molar-refractivity contribution in [1.82, 2.24) is 5.32 Å². The van der Waals surface area contributed by atoms with Crippen LogP contribution >= 0.6 is 0 Å². The summed E-state index contributed by atoms with van der Waals surface area (Å²) in [4.78, 5) is 24.3. The van der Waals surface area contributed by atoms with E-state index in [-0.39, 0.29) is 24.7 Å². The number of fused-ring (bicyclic) bond motifs is 1. The molecular weight excluding hydrogens is 376 g/mol. The molecule has 0 unspecified atom stereocenters. The minimum absolute atomic E-state index is 0.00595. The molecule has 0 aromatic heterocycles. The molecule has 0 radical (unpaired) electrons. The molecule has 9 heteroatoms. The van der Waals surface area contributed by atoms with Crippen molar-refractivity contribution in [2.75, 3.05) is 6.79 Å². The molecule has 7 nitrogen and oxygen atoms in total. The molecule has 1 N–H and O–H groups in total. The van der Waals surface area contributed by atoms with Crippen molar-refractivity contribution in [3.8, 4) is 17.2 Å². The molecule has 3 rings (SSSR count). The highest BCUT2D eigenvalue weighted by Crippen LogP contribution is 2.32. The van der Waals surface area contributed by atoms with Crippen LogP contribution in [0.4, 0.5) is 8.78 Å². The number of ether oxygens (including phenoxy) is 4. The van der Waals surface area contributed by atoms with Crippen molar-refractivity contribution in [3.63, 3.8) is 0 Å². The predicted octanol–water partition coefficient (Wildman–Crippen LogP) is 2.88. The van der Waals surface area contributed by atoms with Crippen molar-refractivity contribution in [3.05, 3.63) is 53.6 Å². The second-order valence-corrected chi connectivity index (χ2v) is 5.86.